The van der Waals surface area contributed by atoms with Gasteiger partial charge in [-0.1, -0.05) is 13.8 Å². The highest BCUT2D eigenvalue weighted by Gasteiger charge is 2.30. The van der Waals surface area contributed by atoms with Gasteiger partial charge in [0, 0.05) is 33.0 Å². The lowest BCUT2D eigenvalue weighted by molar-refractivity contribution is -0.0530. The minimum Gasteiger partial charge on any atom is -0.364 e. The normalized spacial score (nSPS) is 25.1. The maximum absolute atomic E-state index is 6.12. The number of nitrogens with two attached hydrogens (primary N) is 1. The molecular formula is C16H35N3O. The Bertz CT molecular complexity index is 244. The Kier molecular flexibility index (Phi) is 8.03. The average molecular weight is 285 g/mol. The molecule has 120 valence electrons. The predicted molar refractivity (Wildman–Crippen MR) is 85.8 cm³/mol. The van der Waals surface area contributed by atoms with Gasteiger partial charge in [-0.3, -0.25) is 0 Å². The Balaban J connectivity index is 0.000000956. The van der Waals surface area contributed by atoms with E-state index in [-0.39, 0.29) is 5.72 Å². The van der Waals surface area contributed by atoms with E-state index in [0.717, 1.165) is 31.8 Å². The third kappa shape index (κ3) is 5.68. The minimum atomic E-state index is -0.357. The van der Waals surface area contributed by atoms with Crippen molar-refractivity contribution < 1.29 is 4.74 Å². The van der Waals surface area contributed by atoms with E-state index in [1.165, 1.54) is 38.9 Å². The van der Waals surface area contributed by atoms with Crippen LogP contribution in [0.15, 0.2) is 0 Å². The van der Waals surface area contributed by atoms with Gasteiger partial charge in [0.2, 0.25) is 0 Å². The maximum Gasteiger partial charge on any atom is 0.118 e. The number of ether oxygens (including phenoxy) is 1. The zero-order valence-electron chi connectivity index (χ0n) is 14.0. The number of hydrogen-bond donors (Lipinski definition) is 1. The lowest BCUT2D eigenvalue weighted by atomic mass is 9.93. The van der Waals surface area contributed by atoms with Crippen LogP contribution in [0.1, 0.15) is 46.0 Å². The molecule has 2 saturated heterocycles. The number of methoxy groups -OCH3 is 1. The molecule has 0 aromatic carbocycles. The van der Waals surface area contributed by atoms with Crippen molar-refractivity contribution in [3.05, 3.63) is 0 Å². The van der Waals surface area contributed by atoms with Gasteiger partial charge in [-0.25, -0.2) is 0 Å². The van der Waals surface area contributed by atoms with Gasteiger partial charge < -0.3 is 20.3 Å². The fourth-order valence-corrected chi connectivity index (χ4v) is 3.08. The standard InChI is InChI=1S/C14H29N3O.C2H6/c1-16-8-3-13(4-9-16)5-10-17-11-6-14(15,18-2)7-12-17;1-2/h13H,3-12,15H2,1-2H3;1-2H3. The summed E-state index contributed by atoms with van der Waals surface area (Å²) in [5, 5.41) is 0. The quantitative estimate of drug-likeness (QED) is 0.804. The minimum absolute atomic E-state index is 0.357. The Labute approximate surface area is 125 Å². The summed E-state index contributed by atoms with van der Waals surface area (Å²) in [6.07, 6.45) is 6.05. The average Bonchev–Trinajstić information content (AvgIpc) is 2.50. The van der Waals surface area contributed by atoms with Crippen LogP contribution in [0.3, 0.4) is 0 Å². The van der Waals surface area contributed by atoms with E-state index >= 15 is 0 Å². The van der Waals surface area contributed by atoms with Crippen LogP contribution >= 0.6 is 0 Å². The number of piperidine rings is 2. The molecule has 2 rings (SSSR count). The molecule has 2 aliphatic heterocycles. The van der Waals surface area contributed by atoms with Crippen molar-refractivity contribution in [2.45, 2.75) is 51.7 Å². The summed E-state index contributed by atoms with van der Waals surface area (Å²) in [6, 6.07) is 0. The van der Waals surface area contributed by atoms with Crippen molar-refractivity contribution >= 4 is 0 Å². The van der Waals surface area contributed by atoms with Crippen molar-refractivity contribution in [2.75, 3.05) is 46.9 Å². The fourth-order valence-electron chi connectivity index (χ4n) is 3.08. The Morgan fingerprint density at radius 3 is 2.15 bits per heavy atom. The zero-order chi connectivity index (χ0) is 15.0. The van der Waals surface area contributed by atoms with Crippen LogP contribution in [-0.2, 0) is 4.74 Å². The van der Waals surface area contributed by atoms with E-state index in [2.05, 4.69) is 16.8 Å². The van der Waals surface area contributed by atoms with Crippen LogP contribution in [0.2, 0.25) is 0 Å². The Morgan fingerprint density at radius 2 is 1.65 bits per heavy atom. The first-order chi connectivity index (χ1) is 9.61. The van der Waals surface area contributed by atoms with E-state index in [9.17, 15) is 0 Å². The van der Waals surface area contributed by atoms with Crippen molar-refractivity contribution in [1.82, 2.24) is 9.80 Å². The number of hydrogen-bond acceptors (Lipinski definition) is 4. The molecule has 0 atom stereocenters. The monoisotopic (exact) mass is 285 g/mol. The second-order valence-electron chi connectivity index (χ2n) is 6.15. The number of likely N-dealkylation sites (tertiary alicyclic amines) is 2. The van der Waals surface area contributed by atoms with Crippen LogP contribution < -0.4 is 5.73 Å². The molecule has 0 bridgehead atoms. The van der Waals surface area contributed by atoms with Gasteiger partial charge in [0.25, 0.3) is 0 Å². The SMILES string of the molecule is CC.COC1(N)CCN(CCC2CCN(C)CC2)CC1. The molecule has 2 fully saturated rings. The van der Waals surface area contributed by atoms with Gasteiger partial charge in [0.05, 0.1) is 0 Å². The molecule has 2 N–H and O–H groups in total. The van der Waals surface area contributed by atoms with E-state index in [1.54, 1.807) is 7.11 Å². The summed E-state index contributed by atoms with van der Waals surface area (Å²) in [6.45, 7) is 9.99. The van der Waals surface area contributed by atoms with Gasteiger partial charge in [-0.05, 0) is 51.9 Å². The van der Waals surface area contributed by atoms with E-state index in [0.29, 0.717) is 0 Å². The Hall–Kier alpha value is -0.160. The molecule has 0 aliphatic carbocycles. The largest absolute Gasteiger partial charge is 0.364 e. The number of nitrogens with zero attached hydrogens (tertiary/aromatic N) is 2. The third-order valence-electron chi connectivity index (χ3n) is 4.80. The molecule has 0 saturated carbocycles. The smallest absolute Gasteiger partial charge is 0.118 e. The predicted octanol–water partition coefficient (Wildman–Crippen LogP) is 2.14. The summed E-state index contributed by atoms with van der Waals surface area (Å²) in [4.78, 5) is 5.00. The maximum atomic E-state index is 6.12. The summed E-state index contributed by atoms with van der Waals surface area (Å²) >= 11 is 0. The summed E-state index contributed by atoms with van der Waals surface area (Å²) in [7, 11) is 3.96. The lowest BCUT2D eigenvalue weighted by Gasteiger charge is -2.39. The highest BCUT2D eigenvalue weighted by Crippen LogP contribution is 2.23. The lowest BCUT2D eigenvalue weighted by Crippen LogP contribution is -2.51. The van der Waals surface area contributed by atoms with Gasteiger partial charge in [-0.15, -0.1) is 0 Å². The van der Waals surface area contributed by atoms with Crippen LogP contribution in [0.25, 0.3) is 0 Å². The van der Waals surface area contributed by atoms with Crippen LogP contribution in [0.5, 0.6) is 0 Å². The topological polar surface area (TPSA) is 41.7 Å². The van der Waals surface area contributed by atoms with Gasteiger partial charge >= 0.3 is 0 Å². The van der Waals surface area contributed by atoms with Gasteiger partial charge in [0.15, 0.2) is 0 Å². The fraction of sp³-hybridized carbons (Fsp3) is 1.00. The first kappa shape index (κ1) is 17.9. The number of rotatable bonds is 4. The second kappa shape index (κ2) is 8.98. The molecule has 2 heterocycles. The van der Waals surface area contributed by atoms with Crippen molar-refractivity contribution in [3.63, 3.8) is 0 Å². The van der Waals surface area contributed by atoms with Gasteiger partial charge in [0.1, 0.15) is 5.72 Å². The second-order valence-corrected chi connectivity index (χ2v) is 6.15. The summed E-state index contributed by atoms with van der Waals surface area (Å²) in [5.74, 6) is 0.938. The highest BCUT2D eigenvalue weighted by molar-refractivity contribution is 4.82. The summed E-state index contributed by atoms with van der Waals surface area (Å²) in [5.41, 5.74) is 5.76. The molecule has 0 radical (unpaired) electrons. The third-order valence-corrected chi connectivity index (χ3v) is 4.80. The first-order valence-electron chi connectivity index (χ1n) is 8.36. The van der Waals surface area contributed by atoms with Crippen molar-refractivity contribution in [2.24, 2.45) is 11.7 Å². The van der Waals surface area contributed by atoms with Crippen molar-refractivity contribution in [3.8, 4) is 0 Å². The molecule has 0 spiro atoms. The van der Waals surface area contributed by atoms with Crippen LogP contribution in [-0.4, -0.2) is 62.4 Å². The molecule has 0 unspecified atom stereocenters. The molecule has 2 aliphatic rings. The molecule has 20 heavy (non-hydrogen) atoms. The Morgan fingerprint density at radius 1 is 1.10 bits per heavy atom. The summed E-state index contributed by atoms with van der Waals surface area (Å²) < 4.78 is 5.38. The van der Waals surface area contributed by atoms with E-state index in [4.69, 9.17) is 10.5 Å². The van der Waals surface area contributed by atoms with Crippen LogP contribution in [0, 0.1) is 5.92 Å². The molecular weight excluding hydrogens is 250 g/mol. The van der Waals surface area contributed by atoms with Gasteiger partial charge in [-0.2, -0.15) is 0 Å². The molecule has 0 amide bonds. The molecule has 0 aromatic rings. The van der Waals surface area contributed by atoms with Crippen LogP contribution in [0.4, 0.5) is 0 Å². The molecule has 4 heteroatoms. The van der Waals surface area contributed by atoms with E-state index < -0.39 is 0 Å². The zero-order valence-corrected chi connectivity index (χ0v) is 14.0. The molecule has 0 aromatic heterocycles. The van der Waals surface area contributed by atoms with E-state index in [1.807, 2.05) is 13.8 Å². The van der Waals surface area contributed by atoms with Crippen molar-refractivity contribution in [1.29, 1.82) is 0 Å². The first-order valence-corrected chi connectivity index (χ1v) is 8.36. The highest BCUT2D eigenvalue weighted by atomic mass is 16.5. The molecule has 4 nitrogen and oxygen atoms in total.